The number of hydrogen-bond acceptors (Lipinski definition) is 3. The third-order valence-electron chi connectivity index (χ3n) is 2.02. The Morgan fingerprint density at radius 3 is 2.33 bits per heavy atom. The van der Waals surface area contributed by atoms with E-state index in [2.05, 4.69) is 4.98 Å². The van der Waals surface area contributed by atoms with Crippen LogP contribution in [0.5, 0.6) is 0 Å². The number of pyridine rings is 1. The maximum absolute atomic E-state index is 11.8. The highest BCUT2D eigenvalue weighted by Gasteiger charge is 2.14. The van der Waals surface area contributed by atoms with Crippen molar-refractivity contribution in [2.24, 2.45) is 0 Å². The van der Waals surface area contributed by atoms with Crippen LogP contribution in [0.4, 0.5) is 5.69 Å². The number of nitrogens with one attached hydrogen (secondary N) is 1. The molecule has 1 aromatic rings. The molecule has 0 aliphatic carbocycles. The summed E-state index contributed by atoms with van der Waals surface area (Å²) >= 11 is 0. The predicted molar refractivity (Wildman–Crippen MR) is 59.4 cm³/mol. The van der Waals surface area contributed by atoms with Gasteiger partial charge in [0.15, 0.2) is 0 Å². The van der Waals surface area contributed by atoms with Crippen LogP contribution in [-0.2, 0) is 0 Å². The normalized spacial score (nSPS) is 9.87. The minimum atomic E-state index is -0.214. The van der Waals surface area contributed by atoms with Crippen LogP contribution in [0, 0.1) is 0 Å². The standard InChI is InChI=1S/C10H15N3O2/c1-12(2)8-5-9(14)11-6-7(8)10(15)13(3)4/h5-6H,1-4H3,(H,11,14). The molecule has 1 aromatic heterocycles. The van der Waals surface area contributed by atoms with Crippen molar-refractivity contribution < 1.29 is 4.79 Å². The lowest BCUT2D eigenvalue weighted by Crippen LogP contribution is -2.26. The molecule has 1 amide bonds. The summed E-state index contributed by atoms with van der Waals surface area (Å²) in [7, 11) is 6.93. The third-order valence-corrected chi connectivity index (χ3v) is 2.02. The van der Waals surface area contributed by atoms with Crippen LogP contribution in [0.1, 0.15) is 10.4 Å². The van der Waals surface area contributed by atoms with Crippen molar-refractivity contribution in [3.05, 3.63) is 28.2 Å². The topological polar surface area (TPSA) is 56.4 Å². The SMILES string of the molecule is CN(C)C(=O)c1c[nH]c(=O)cc1N(C)C. The Bertz CT molecular complexity index is 421. The van der Waals surface area contributed by atoms with Gasteiger partial charge < -0.3 is 14.8 Å². The fourth-order valence-electron chi connectivity index (χ4n) is 1.24. The average Bonchev–Trinajstić information content (AvgIpc) is 2.16. The number of aromatic nitrogens is 1. The monoisotopic (exact) mass is 209 g/mol. The van der Waals surface area contributed by atoms with Crippen molar-refractivity contribution in [2.75, 3.05) is 33.1 Å². The minimum absolute atomic E-state index is 0.130. The second-order valence-corrected chi connectivity index (χ2v) is 3.69. The Morgan fingerprint density at radius 1 is 1.27 bits per heavy atom. The number of amides is 1. The van der Waals surface area contributed by atoms with Gasteiger partial charge in [0.25, 0.3) is 5.91 Å². The van der Waals surface area contributed by atoms with Gasteiger partial charge in [0, 0.05) is 40.5 Å². The first-order valence-corrected chi connectivity index (χ1v) is 4.55. The molecule has 0 aliphatic heterocycles. The van der Waals surface area contributed by atoms with Gasteiger partial charge >= 0.3 is 0 Å². The van der Waals surface area contributed by atoms with Gasteiger partial charge in [0.1, 0.15) is 0 Å². The van der Waals surface area contributed by atoms with Crippen LogP contribution in [-0.4, -0.2) is 44.0 Å². The van der Waals surface area contributed by atoms with Crippen molar-refractivity contribution in [2.45, 2.75) is 0 Å². The summed E-state index contributed by atoms with van der Waals surface area (Å²) in [6.07, 6.45) is 1.44. The van der Waals surface area contributed by atoms with E-state index in [0.29, 0.717) is 11.3 Å². The van der Waals surface area contributed by atoms with Gasteiger partial charge in [-0.3, -0.25) is 9.59 Å². The zero-order valence-corrected chi connectivity index (χ0v) is 9.37. The molecule has 0 saturated carbocycles. The van der Waals surface area contributed by atoms with E-state index in [1.165, 1.54) is 17.2 Å². The molecular weight excluding hydrogens is 194 g/mol. The first kappa shape index (κ1) is 11.3. The number of rotatable bonds is 2. The summed E-state index contributed by atoms with van der Waals surface area (Å²) in [5, 5.41) is 0. The smallest absolute Gasteiger partial charge is 0.256 e. The molecule has 15 heavy (non-hydrogen) atoms. The van der Waals surface area contributed by atoms with E-state index in [4.69, 9.17) is 0 Å². The van der Waals surface area contributed by atoms with E-state index in [1.807, 2.05) is 0 Å². The molecule has 1 rings (SSSR count). The van der Waals surface area contributed by atoms with Crippen LogP contribution in [0.25, 0.3) is 0 Å². The molecule has 0 radical (unpaired) electrons. The summed E-state index contributed by atoms with van der Waals surface area (Å²) in [5.74, 6) is -0.130. The van der Waals surface area contributed by atoms with Crippen LogP contribution in [0.15, 0.2) is 17.1 Å². The molecule has 5 heteroatoms. The lowest BCUT2D eigenvalue weighted by atomic mass is 10.2. The number of H-pyrrole nitrogens is 1. The van der Waals surface area contributed by atoms with E-state index >= 15 is 0 Å². The number of hydrogen-bond donors (Lipinski definition) is 1. The van der Waals surface area contributed by atoms with Gasteiger partial charge in [0.05, 0.1) is 11.3 Å². The van der Waals surface area contributed by atoms with Crippen molar-refractivity contribution in [1.29, 1.82) is 0 Å². The molecule has 0 aliphatic rings. The van der Waals surface area contributed by atoms with Gasteiger partial charge in [-0.15, -0.1) is 0 Å². The van der Waals surface area contributed by atoms with Crippen molar-refractivity contribution >= 4 is 11.6 Å². The molecule has 1 heterocycles. The van der Waals surface area contributed by atoms with Gasteiger partial charge in [-0.05, 0) is 0 Å². The predicted octanol–water partition coefficient (Wildman–Crippen LogP) is 0.143. The molecule has 0 spiro atoms. The molecular formula is C10H15N3O2. The second-order valence-electron chi connectivity index (χ2n) is 3.69. The lowest BCUT2D eigenvalue weighted by Gasteiger charge is -2.18. The number of anilines is 1. The van der Waals surface area contributed by atoms with Crippen molar-refractivity contribution in [1.82, 2.24) is 9.88 Å². The molecule has 0 aromatic carbocycles. The van der Waals surface area contributed by atoms with Gasteiger partial charge in [0.2, 0.25) is 5.56 Å². The first-order valence-electron chi connectivity index (χ1n) is 4.55. The highest BCUT2D eigenvalue weighted by atomic mass is 16.2. The summed E-state index contributed by atoms with van der Waals surface area (Å²) in [5.41, 5.74) is 0.899. The van der Waals surface area contributed by atoms with E-state index in [0.717, 1.165) is 0 Å². The Kier molecular flexibility index (Phi) is 3.14. The molecule has 5 nitrogen and oxygen atoms in total. The third kappa shape index (κ3) is 2.37. The van der Waals surface area contributed by atoms with Crippen LogP contribution < -0.4 is 10.5 Å². The van der Waals surface area contributed by atoms with Gasteiger partial charge in [-0.25, -0.2) is 0 Å². The first-order chi connectivity index (χ1) is 6.93. The fraction of sp³-hybridized carbons (Fsp3) is 0.400. The average molecular weight is 209 g/mol. The summed E-state index contributed by atoms with van der Waals surface area (Å²) < 4.78 is 0. The molecule has 0 saturated heterocycles. The van der Waals surface area contributed by atoms with E-state index in [9.17, 15) is 9.59 Å². The molecule has 0 bridgehead atoms. The summed E-state index contributed by atoms with van der Waals surface area (Å²) in [6, 6.07) is 1.41. The number of aromatic amines is 1. The number of nitrogens with zero attached hydrogens (tertiary/aromatic N) is 2. The zero-order valence-electron chi connectivity index (χ0n) is 9.37. The second kappa shape index (κ2) is 4.16. The van der Waals surface area contributed by atoms with E-state index < -0.39 is 0 Å². The van der Waals surface area contributed by atoms with Crippen LogP contribution in [0.2, 0.25) is 0 Å². The molecule has 0 fully saturated rings. The Hall–Kier alpha value is -1.78. The van der Waals surface area contributed by atoms with Crippen molar-refractivity contribution in [3.63, 3.8) is 0 Å². The largest absolute Gasteiger partial charge is 0.377 e. The summed E-state index contributed by atoms with van der Waals surface area (Å²) in [4.78, 5) is 28.6. The highest BCUT2D eigenvalue weighted by Crippen LogP contribution is 2.15. The minimum Gasteiger partial charge on any atom is -0.377 e. The fourth-order valence-corrected chi connectivity index (χ4v) is 1.24. The molecule has 82 valence electrons. The quantitative estimate of drug-likeness (QED) is 0.754. The Morgan fingerprint density at radius 2 is 1.87 bits per heavy atom. The maximum Gasteiger partial charge on any atom is 0.256 e. The highest BCUT2D eigenvalue weighted by molar-refractivity contribution is 5.99. The van der Waals surface area contributed by atoms with Crippen LogP contribution in [0.3, 0.4) is 0 Å². The van der Waals surface area contributed by atoms with Gasteiger partial charge in [-0.1, -0.05) is 0 Å². The molecule has 1 N–H and O–H groups in total. The Labute approximate surface area is 88.3 Å². The maximum atomic E-state index is 11.8. The van der Waals surface area contributed by atoms with E-state index in [1.54, 1.807) is 33.1 Å². The number of carbonyl (C=O) groups excluding carboxylic acids is 1. The number of carbonyl (C=O) groups is 1. The molecule has 0 unspecified atom stereocenters. The summed E-state index contributed by atoms with van der Waals surface area (Å²) in [6.45, 7) is 0. The molecule has 0 atom stereocenters. The zero-order chi connectivity index (χ0) is 11.6. The lowest BCUT2D eigenvalue weighted by molar-refractivity contribution is 0.0828. The van der Waals surface area contributed by atoms with E-state index in [-0.39, 0.29) is 11.5 Å². The van der Waals surface area contributed by atoms with Crippen LogP contribution >= 0.6 is 0 Å². The Balaban J connectivity index is 3.29. The van der Waals surface area contributed by atoms with Crippen molar-refractivity contribution in [3.8, 4) is 0 Å². The van der Waals surface area contributed by atoms with Gasteiger partial charge in [-0.2, -0.15) is 0 Å².